The molecule has 0 radical (unpaired) electrons. The summed E-state index contributed by atoms with van der Waals surface area (Å²) in [4.78, 5) is 23.9. The van der Waals surface area contributed by atoms with E-state index in [1.165, 1.54) is 29.6 Å². The van der Waals surface area contributed by atoms with Gasteiger partial charge >= 0.3 is 5.97 Å². The summed E-state index contributed by atoms with van der Waals surface area (Å²) in [5, 5.41) is 2.55. The topological polar surface area (TPSA) is 111 Å². The molecule has 0 spiro atoms. The van der Waals surface area contributed by atoms with E-state index in [1.807, 2.05) is 6.92 Å². The SMILES string of the molecule is COc1ccc(S(=O)(=O)N2CCOCC2)cc1NC(=O)COC(=O)[C@H]1C[C@@H]1C. The number of carbonyl (C=O) groups is 2. The minimum absolute atomic E-state index is 0.0364. The van der Waals surface area contributed by atoms with Crippen LogP contribution < -0.4 is 10.1 Å². The lowest BCUT2D eigenvalue weighted by Crippen LogP contribution is -2.40. The first-order chi connectivity index (χ1) is 13.3. The summed E-state index contributed by atoms with van der Waals surface area (Å²) in [6, 6.07) is 4.24. The highest BCUT2D eigenvalue weighted by Crippen LogP contribution is 2.38. The van der Waals surface area contributed by atoms with Gasteiger partial charge in [0, 0.05) is 13.1 Å². The standard InChI is InChI=1S/C18H24N2O7S/c1-12-9-14(12)18(22)27-11-17(21)19-15-10-13(3-4-16(15)25-2)28(23,24)20-5-7-26-8-6-20/h3-4,10,12,14H,5-9,11H2,1-2H3,(H,19,21)/t12-,14-/m0/s1. The Hall–Kier alpha value is -2.17. The molecule has 2 fully saturated rings. The van der Waals surface area contributed by atoms with Crippen LogP contribution in [0, 0.1) is 11.8 Å². The molecule has 1 amide bonds. The van der Waals surface area contributed by atoms with Crippen LogP contribution in [0.4, 0.5) is 5.69 Å². The highest BCUT2D eigenvalue weighted by atomic mass is 32.2. The van der Waals surface area contributed by atoms with E-state index in [2.05, 4.69) is 5.32 Å². The number of methoxy groups -OCH3 is 1. The number of hydrogen-bond donors (Lipinski definition) is 1. The Labute approximate surface area is 164 Å². The highest BCUT2D eigenvalue weighted by molar-refractivity contribution is 7.89. The first-order valence-corrected chi connectivity index (χ1v) is 10.5. The molecule has 1 aliphatic carbocycles. The van der Waals surface area contributed by atoms with Crippen molar-refractivity contribution in [3.8, 4) is 5.75 Å². The van der Waals surface area contributed by atoms with E-state index in [0.717, 1.165) is 6.42 Å². The van der Waals surface area contributed by atoms with Crippen molar-refractivity contribution in [2.75, 3.05) is 45.3 Å². The zero-order valence-corrected chi connectivity index (χ0v) is 16.7. The third-order valence-corrected chi connectivity index (χ3v) is 6.71. The summed E-state index contributed by atoms with van der Waals surface area (Å²) in [5.41, 5.74) is 0.192. The number of benzene rings is 1. The molecule has 1 aromatic carbocycles. The fourth-order valence-corrected chi connectivity index (χ4v) is 4.40. The second-order valence-electron chi connectivity index (χ2n) is 6.85. The summed E-state index contributed by atoms with van der Waals surface area (Å²) in [7, 11) is -2.31. The molecular weight excluding hydrogens is 388 g/mol. The molecule has 0 aromatic heterocycles. The van der Waals surface area contributed by atoms with Crippen molar-refractivity contribution in [3.05, 3.63) is 18.2 Å². The third-order valence-electron chi connectivity index (χ3n) is 4.81. The number of amides is 1. The van der Waals surface area contributed by atoms with Gasteiger partial charge in [0.15, 0.2) is 6.61 Å². The number of esters is 1. The van der Waals surface area contributed by atoms with Gasteiger partial charge in [0.05, 0.1) is 36.8 Å². The molecule has 1 aromatic rings. The minimum Gasteiger partial charge on any atom is -0.495 e. The van der Waals surface area contributed by atoms with Gasteiger partial charge < -0.3 is 19.5 Å². The van der Waals surface area contributed by atoms with Gasteiger partial charge in [-0.25, -0.2) is 8.42 Å². The lowest BCUT2D eigenvalue weighted by atomic mass is 10.3. The first-order valence-electron chi connectivity index (χ1n) is 9.05. The maximum absolute atomic E-state index is 12.8. The number of nitrogens with zero attached hydrogens (tertiary/aromatic N) is 1. The van der Waals surface area contributed by atoms with E-state index in [1.54, 1.807) is 0 Å². The van der Waals surface area contributed by atoms with E-state index in [0.29, 0.717) is 19.0 Å². The van der Waals surface area contributed by atoms with E-state index in [-0.39, 0.29) is 35.5 Å². The van der Waals surface area contributed by atoms with Crippen molar-refractivity contribution in [3.63, 3.8) is 0 Å². The van der Waals surface area contributed by atoms with Gasteiger partial charge in [-0.1, -0.05) is 6.92 Å². The molecule has 2 atom stereocenters. The predicted molar refractivity (Wildman–Crippen MR) is 99.4 cm³/mol. The maximum Gasteiger partial charge on any atom is 0.309 e. The van der Waals surface area contributed by atoms with Crippen LogP contribution in [-0.4, -0.2) is 64.6 Å². The Morgan fingerprint density at radius 3 is 2.57 bits per heavy atom. The monoisotopic (exact) mass is 412 g/mol. The average molecular weight is 412 g/mol. The molecule has 10 heteroatoms. The molecule has 1 aliphatic heterocycles. The minimum atomic E-state index is -3.72. The van der Waals surface area contributed by atoms with Crippen molar-refractivity contribution >= 4 is 27.6 Å². The van der Waals surface area contributed by atoms with Crippen molar-refractivity contribution in [1.82, 2.24) is 4.31 Å². The second-order valence-corrected chi connectivity index (χ2v) is 8.79. The summed E-state index contributed by atoms with van der Waals surface area (Å²) in [6.45, 7) is 2.72. The van der Waals surface area contributed by atoms with Gasteiger partial charge in [0.1, 0.15) is 5.75 Å². The summed E-state index contributed by atoms with van der Waals surface area (Å²) >= 11 is 0. The van der Waals surface area contributed by atoms with E-state index >= 15 is 0 Å². The van der Waals surface area contributed by atoms with Crippen LogP contribution in [0.5, 0.6) is 5.75 Å². The second kappa shape index (κ2) is 8.46. The van der Waals surface area contributed by atoms with E-state index < -0.39 is 28.5 Å². The molecular formula is C18H24N2O7S. The molecule has 28 heavy (non-hydrogen) atoms. The Bertz CT molecular complexity index is 849. The predicted octanol–water partition coefficient (Wildman–Crippen LogP) is 0.854. The van der Waals surface area contributed by atoms with Crippen LogP contribution in [0.25, 0.3) is 0 Å². The fraction of sp³-hybridized carbons (Fsp3) is 0.556. The Kier molecular flexibility index (Phi) is 6.21. The number of ether oxygens (including phenoxy) is 3. The van der Waals surface area contributed by atoms with Gasteiger partial charge in [-0.05, 0) is 30.5 Å². The Morgan fingerprint density at radius 1 is 1.29 bits per heavy atom. The number of carbonyl (C=O) groups excluding carboxylic acids is 2. The number of anilines is 1. The van der Waals surface area contributed by atoms with Crippen molar-refractivity contribution in [1.29, 1.82) is 0 Å². The lowest BCUT2D eigenvalue weighted by Gasteiger charge is -2.26. The van der Waals surface area contributed by atoms with Gasteiger partial charge in [-0.3, -0.25) is 9.59 Å². The number of morpholine rings is 1. The normalized spacial score (nSPS) is 22.4. The van der Waals surface area contributed by atoms with Gasteiger partial charge in [0.25, 0.3) is 5.91 Å². The van der Waals surface area contributed by atoms with Crippen molar-refractivity contribution < 1.29 is 32.2 Å². The molecule has 1 N–H and O–H groups in total. The summed E-state index contributed by atoms with van der Waals surface area (Å²) < 4.78 is 42.3. The highest BCUT2D eigenvalue weighted by Gasteiger charge is 2.40. The number of rotatable bonds is 7. The summed E-state index contributed by atoms with van der Waals surface area (Å²) in [5.74, 6) is -0.502. The molecule has 1 saturated heterocycles. The lowest BCUT2D eigenvalue weighted by molar-refractivity contribution is -0.148. The molecule has 154 valence electrons. The first kappa shape index (κ1) is 20.6. The zero-order valence-electron chi connectivity index (χ0n) is 15.8. The number of nitrogens with one attached hydrogen (secondary N) is 1. The molecule has 0 bridgehead atoms. The van der Waals surface area contributed by atoms with Gasteiger partial charge in [-0.2, -0.15) is 4.31 Å². The van der Waals surface area contributed by atoms with Crippen LogP contribution in [0.15, 0.2) is 23.1 Å². The molecule has 0 unspecified atom stereocenters. The number of hydrogen-bond acceptors (Lipinski definition) is 7. The van der Waals surface area contributed by atoms with E-state index in [9.17, 15) is 18.0 Å². The van der Waals surface area contributed by atoms with Crippen LogP contribution in [0.1, 0.15) is 13.3 Å². The maximum atomic E-state index is 12.8. The molecule has 2 aliphatic rings. The van der Waals surface area contributed by atoms with Crippen LogP contribution in [0.2, 0.25) is 0 Å². The van der Waals surface area contributed by atoms with Gasteiger partial charge in [0.2, 0.25) is 10.0 Å². The fourth-order valence-electron chi connectivity index (χ4n) is 2.96. The quantitative estimate of drug-likeness (QED) is 0.661. The van der Waals surface area contributed by atoms with Crippen LogP contribution >= 0.6 is 0 Å². The molecule has 9 nitrogen and oxygen atoms in total. The Morgan fingerprint density at radius 2 is 1.96 bits per heavy atom. The van der Waals surface area contributed by atoms with Crippen LogP contribution in [0.3, 0.4) is 0 Å². The summed E-state index contributed by atoms with van der Waals surface area (Å²) in [6.07, 6.45) is 0.774. The smallest absolute Gasteiger partial charge is 0.309 e. The van der Waals surface area contributed by atoms with Gasteiger partial charge in [-0.15, -0.1) is 0 Å². The van der Waals surface area contributed by atoms with Crippen molar-refractivity contribution in [2.24, 2.45) is 11.8 Å². The zero-order chi connectivity index (χ0) is 20.3. The molecule has 1 saturated carbocycles. The molecule has 3 rings (SSSR count). The molecule has 1 heterocycles. The average Bonchev–Trinajstić information content (AvgIpc) is 3.43. The number of sulfonamides is 1. The van der Waals surface area contributed by atoms with Crippen molar-refractivity contribution in [2.45, 2.75) is 18.2 Å². The van der Waals surface area contributed by atoms with Crippen LogP contribution in [-0.2, 0) is 29.1 Å². The largest absolute Gasteiger partial charge is 0.495 e. The van der Waals surface area contributed by atoms with E-state index in [4.69, 9.17) is 14.2 Å². The third kappa shape index (κ3) is 4.62. The Balaban J connectivity index is 1.70.